The van der Waals surface area contributed by atoms with Crippen LogP contribution in [0.15, 0.2) is 24.3 Å². The second-order valence-electron chi connectivity index (χ2n) is 5.86. The minimum absolute atomic E-state index is 0.0569. The van der Waals surface area contributed by atoms with Gasteiger partial charge < -0.3 is 4.90 Å². The summed E-state index contributed by atoms with van der Waals surface area (Å²) < 4.78 is 23.0. The van der Waals surface area contributed by atoms with Gasteiger partial charge in [0.2, 0.25) is 5.91 Å². The van der Waals surface area contributed by atoms with Gasteiger partial charge in [0.15, 0.2) is 9.84 Å². The highest BCUT2D eigenvalue weighted by Crippen LogP contribution is 2.17. The zero-order chi connectivity index (χ0) is 16.3. The fourth-order valence-electron chi connectivity index (χ4n) is 2.58. The molecule has 1 saturated heterocycles. The highest BCUT2D eigenvalue weighted by Gasteiger charge is 2.32. The lowest BCUT2D eigenvalue weighted by molar-refractivity contribution is -0.132. The van der Waals surface area contributed by atoms with E-state index in [1.807, 2.05) is 36.2 Å². The Morgan fingerprint density at radius 3 is 2.45 bits per heavy atom. The summed E-state index contributed by atoms with van der Waals surface area (Å²) in [6.07, 6.45) is 0.533. The molecule has 1 aliphatic rings. The summed E-state index contributed by atoms with van der Waals surface area (Å²) in [5.74, 6) is 0.199. The van der Waals surface area contributed by atoms with Gasteiger partial charge in [-0.1, -0.05) is 23.7 Å². The highest BCUT2D eigenvalue weighted by atomic mass is 35.5. The molecule has 1 aliphatic heterocycles. The molecule has 2 rings (SSSR count). The smallest absolute Gasteiger partial charge is 0.236 e. The van der Waals surface area contributed by atoms with Crippen molar-refractivity contribution in [1.82, 2.24) is 9.80 Å². The lowest BCUT2D eigenvalue weighted by Crippen LogP contribution is -2.42. The molecule has 1 atom stereocenters. The van der Waals surface area contributed by atoms with Crippen LogP contribution in [-0.2, 0) is 21.2 Å². The van der Waals surface area contributed by atoms with Crippen LogP contribution < -0.4 is 0 Å². The third-order valence-electron chi connectivity index (χ3n) is 3.92. The number of amides is 1. The molecule has 1 heterocycles. The lowest BCUT2D eigenvalue weighted by atomic mass is 10.2. The number of hydrogen-bond acceptors (Lipinski definition) is 4. The van der Waals surface area contributed by atoms with E-state index in [-0.39, 0.29) is 30.0 Å². The van der Waals surface area contributed by atoms with Gasteiger partial charge >= 0.3 is 0 Å². The number of carbonyl (C=O) groups is 1. The lowest BCUT2D eigenvalue weighted by Gasteiger charge is -2.26. The normalized spacial score (nSPS) is 20.3. The topological polar surface area (TPSA) is 57.7 Å². The fraction of sp³-hybridized carbons (Fsp3) is 0.533. The van der Waals surface area contributed by atoms with E-state index < -0.39 is 9.84 Å². The Balaban J connectivity index is 1.87. The average molecular weight is 345 g/mol. The van der Waals surface area contributed by atoms with E-state index in [1.54, 1.807) is 11.9 Å². The van der Waals surface area contributed by atoms with E-state index in [1.165, 1.54) is 0 Å². The second-order valence-corrected chi connectivity index (χ2v) is 8.53. The Bertz CT molecular complexity index is 631. The van der Waals surface area contributed by atoms with Gasteiger partial charge in [-0.2, -0.15) is 0 Å². The molecule has 0 aliphatic carbocycles. The van der Waals surface area contributed by atoms with Crippen LogP contribution in [0.3, 0.4) is 0 Å². The molecule has 22 heavy (non-hydrogen) atoms. The minimum Gasteiger partial charge on any atom is -0.341 e. The number of halogens is 1. The predicted octanol–water partition coefficient (Wildman–Crippen LogP) is 1.42. The summed E-state index contributed by atoms with van der Waals surface area (Å²) in [4.78, 5) is 15.7. The zero-order valence-corrected chi connectivity index (χ0v) is 14.4. The summed E-state index contributed by atoms with van der Waals surface area (Å²) in [5.41, 5.74) is 1.07. The van der Waals surface area contributed by atoms with Crippen molar-refractivity contribution in [2.24, 2.45) is 0 Å². The second kappa shape index (κ2) is 6.98. The molecule has 1 fully saturated rings. The van der Waals surface area contributed by atoms with E-state index in [4.69, 9.17) is 11.6 Å². The molecule has 1 aromatic rings. The molecule has 0 unspecified atom stereocenters. The van der Waals surface area contributed by atoms with Crippen molar-refractivity contribution in [3.8, 4) is 0 Å². The van der Waals surface area contributed by atoms with Crippen molar-refractivity contribution in [2.45, 2.75) is 19.0 Å². The first-order chi connectivity index (χ1) is 10.3. The van der Waals surface area contributed by atoms with Crippen LogP contribution in [0.4, 0.5) is 0 Å². The van der Waals surface area contributed by atoms with Crippen molar-refractivity contribution in [3.05, 3.63) is 34.9 Å². The molecule has 1 aromatic carbocycles. The van der Waals surface area contributed by atoms with Gasteiger partial charge in [-0.3, -0.25) is 9.69 Å². The van der Waals surface area contributed by atoms with E-state index in [0.717, 1.165) is 5.56 Å². The van der Waals surface area contributed by atoms with Crippen molar-refractivity contribution < 1.29 is 13.2 Å². The van der Waals surface area contributed by atoms with E-state index in [0.29, 0.717) is 18.0 Å². The van der Waals surface area contributed by atoms with Crippen LogP contribution in [0.2, 0.25) is 5.02 Å². The minimum atomic E-state index is -2.98. The number of hydrogen-bond donors (Lipinski definition) is 0. The molecule has 0 aromatic heterocycles. The third kappa shape index (κ3) is 4.69. The average Bonchev–Trinajstić information content (AvgIpc) is 2.80. The number of likely N-dealkylation sites (N-methyl/N-ethyl adjacent to an activating group) is 2. The van der Waals surface area contributed by atoms with Gasteiger partial charge in [0.25, 0.3) is 0 Å². The van der Waals surface area contributed by atoms with Gasteiger partial charge in [0, 0.05) is 24.7 Å². The highest BCUT2D eigenvalue weighted by molar-refractivity contribution is 7.91. The summed E-state index contributed by atoms with van der Waals surface area (Å²) in [6, 6.07) is 7.30. The van der Waals surface area contributed by atoms with Gasteiger partial charge in [0.1, 0.15) is 0 Å². The number of nitrogens with zero attached hydrogens (tertiary/aromatic N) is 2. The van der Waals surface area contributed by atoms with Crippen molar-refractivity contribution in [2.75, 3.05) is 32.1 Å². The Labute approximate surface area is 136 Å². The molecular formula is C15H21ClN2O3S. The number of rotatable bonds is 5. The van der Waals surface area contributed by atoms with Crippen molar-refractivity contribution in [1.29, 1.82) is 0 Å². The fourth-order valence-corrected chi connectivity index (χ4v) is 4.48. The molecular weight excluding hydrogens is 324 g/mol. The number of sulfone groups is 1. The first-order valence-corrected chi connectivity index (χ1v) is 9.36. The van der Waals surface area contributed by atoms with Gasteiger partial charge in [-0.25, -0.2) is 8.42 Å². The first kappa shape index (κ1) is 17.2. The Hall–Kier alpha value is -1.11. The Morgan fingerprint density at radius 1 is 1.27 bits per heavy atom. The van der Waals surface area contributed by atoms with Crippen LogP contribution in [0, 0.1) is 0 Å². The number of carbonyl (C=O) groups excluding carboxylic acids is 1. The van der Waals surface area contributed by atoms with E-state index >= 15 is 0 Å². The molecule has 0 saturated carbocycles. The van der Waals surface area contributed by atoms with Gasteiger partial charge in [-0.15, -0.1) is 0 Å². The summed E-state index contributed by atoms with van der Waals surface area (Å²) >= 11 is 5.85. The zero-order valence-electron chi connectivity index (χ0n) is 12.8. The van der Waals surface area contributed by atoms with Crippen LogP contribution in [0.25, 0.3) is 0 Å². The maximum Gasteiger partial charge on any atom is 0.236 e. The molecule has 0 N–H and O–H groups in total. The molecule has 5 nitrogen and oxygen atoms in total. The summed E-state index contributed by atoms with van der Waals surface area (Å²) in [5, 5.41) is 0.685. The van der Waals surface area contributed by atoms with E-state index in [9.17, 15) is 13.2 Å². The molecule has 122 valence electrons. The van der Waals surface area contributed by atoms with Crippen molar-refractivity contribution >= 4 is 27.3 Å². The van der Waals surface area contributed by atoms with Gasteiger partial charge in [-0.05, 0) is 31.2 Å². The van der Waals surface area contributed by atoms with Crippen LogP contribution in [0.5, 0.6) is 0 Å². The van der Waals surface area contributed by atoms with Gasteiger partial charge in [0.05, 0.1) is 18.1 Å². The molecule has 0 bridgehead atoms. The standard InChI is InChI=1S/C15H21ClN2O3S/c1-17(9-12-3-5-13(16)6-4-12)10-15(19)18(2)14-7-8-22(20,21)11-14/h3-6,14H,7-11H2,1-2H3/t14-/m1/s1. The first-order valence-electron chi connectivity index (χ1n) is 7.16. The largest absolute Gasteiger partial charge is 0.341 e. The molecule has 7 heteroatoms. The maximum atomic E-state index is 12.3. The van der Waals surface area contributed by atoms with E-state index in [2.05, 4.69) is 0 Å². The van der Waals surface area contributed by atoms with Crippen LogP contribution >= 0.6 is 11.6 Å². The molecule has 0 radical (unpaired) electrons. The van der Waals surface area contributed by atoms with Crippen LogP contribution in [0.1, 0.15) is 12.0 Å². The summed E-state index contributed by atoms with van der Waals surface area (Å²) in [7, 11) is 0.576. The number of benzene rings is 1. The SMILES string of the molecule is CN(CC(=O)N(C)[C@@H]1CCS(=O)(=O)C1)Cc1ccc(Cl)cc1. The van der Waals surface area contributed by atoms with Crippen molar-refractivity contribution in [3.63, 3.8) is 0 Å². The quantitative estimate of drug-likeness (QED) is 0.810. The summed E-state index contributed by atoms with van der Waals surface area (Å²) in [6.45, 7) is 0.898. The molecule has 0 spiro atoms. The predicted molar refractivity (Wildman–Crippen MR) is 87.6 cm³/mol. The molecule has 1 amide bonds. The Kier molecular flexibility index (Phi) is 5.47. The van der Waals surface area contributed by atoms with Crippen LogP contribution in [-0.4, -0.2) is 62.3 Å². The third-order valence-corrected chi connectivity index (χ3v) is 5.92. The Morgan fingerprint density at radius 2 is 1.91 bits per heavy atom. The maximum absolute atomic E-state index is 12.3. The monoisotopic (exact) mass is 344 g/mol.